The Kier molecular flexibility index (Phi) is 6.65. The van der Waals surface area contributed by atoms with Crippen molar-refractivity contribution in [2.45, 2.75) is 6.92 Å². The van der Waals surface area contributed by atoms with Crippen molar-refractivity contribution >= 4 is 28.9 Å². The molecule has 1 fully saturated rings. The van der Waals surface area contributed by atoms with Crippen molar-refractivity contribution in [2.75, 3.05) is 57.2 Å². The minimum Gasteiger partial charge on any atom is -0.493 e. The van der Waals surface area contributed by atoms with Crippen LogP contribution in [0.25, 0.3) is 0 Å². The van der Waals surface area contributed by atoms with Gasteiger partial charge in [-0.2, -0.15) is 0 Å². The van der Waals surface area contributed by atoms with Crippen molar-refractivity contribution in [3.63, 3.8) is 0 Å². The van der Waals surface area contributed by atoms with Crippen LogP contribution in [0.1, 0.15) is 17.3 Å². The van der Waals surface area contributed by atoms with Crippen molar-refractivity contribution in [3.8, 4) is 11.5 Å². The summed E-state index contributed by atoms with van der Waals surface area (Å²) < 4.78 is 10.9. The van der Waals surface area contributed by atoms with Gasteiger partial charge in [-0.25, -0.2) is 0 Å². The quantitative estimate of drug-likeness (QED) is 0.796. The number of benzene rings is 2. The van der Waals surface area contributed by atoms with Crippen LogP contribution in [0, 0.1) is 0 Å². The van der Waals surface area contributed by atoms with Crippen molar-refractivity contribution in [1.29, 1.82) is 0 Å². The molecule has 0 aliphatic carbocycles. The summed E-state index contributed by atoms with van der Waals surface area (Å²) in [6.07, 6.45) is 0. The molecule has 150 valence electrons. The summed E-state index contributed by atoms with van der Waals surface area (Å²) >= 11 is 6.31. The molecule has 7 heteroatoms. The number of para-hydroxylation sites is 2. The predicted molar refractivity (Wildman–Crippen MR) is 113 cm³/mol. The van der Waals surface area contributed by atoms with Gasteiger partial charge in [0.15, 0.2) is 11.5 Å². The molecule has 1 aliphatic rings. The molecule has 1 heterocycles. The molecular formula is C21H26ClN3O3. The largest absolute Gasteiger partial charge is 0.493 e. The number of nitrogens with zero attached hydrogens (tertiary/aromatic N) is 2. The van der Waals surface area contributed by atoms with E-state index in [1.54, 1.807) is 12.1 Å². The van der Waals surface area contributed by atoms with E-state index in [1.165, 1.54) is 7.11 Å². The third-order valence-electron chi connectivity index (χ3n) is 4.78. The van der Waals surface area contributed by atoms with Crippen LogP contribution in [-0.4, -0.2) is 57.8 Å². The van der Waals surface area contributed by atoms with E-state index in [9.17, 15) is 4.79 Å². The van der Waals surface area contributed by atoms with Crippen molar-refractivity contribution in [1.82, 2.24) is 4.90 Å². The van der Waals surface area contributed by atoms with Gasteiger partial charge in [0.05, 0.1) is 30.1 Å². The third-order valence-corrected chi connectivity index (χ3v) is 5.06. The van der Waals surface area contributed by atoms with Gasteiger partial charge < -0.3 is 24.6 Å². The van der Waals surface area contributed by atoms with E-state index in [-0.39, 0.29) is 5.91 Å². The minimum atomic E-state index is -0.246. The second-order valence-electron chi connectivity index (χ2n) is 6.68. The second-order valence-corrected chi connectivity index (χ2v) is 7.09. The molecule has 0 spiro atoms. The van der Waals surface area contributed by atoms with Gasteiger partial charge in [0.25, 0.3) is 5.91 Å². The van der Waals surface area contributed by atoms with E-state index in [0.717, 1.165) is 37.6 Å². The topological polar surface area (TPSA) is 54.0 Å². The molecule has 0 saturated carbocycles. The van der Waals surface area contributed by atoms with E-state index in [4.69, 9.17) is 21.1 Å². The van der Waals surface area contributed by atoms with Crippen LogP contribution in [0.5, 0.6) is 11.5 Å². The molecule has 1 saturated heterocycles. The number of amides is 1. The number of anilines is 2. The first-order chi connectivity index (χ1) is 13.5. The fourth-order valence-electron chi connectivity index (χ4n) is 3.23. The molecule has 3 rings (SSSR count). The molecule has 28 heavy (non-hydrogen) atoms. The second kappa shape index (κ2) is 9.17. The van der Waals surface area contributed by atoms with Gasteiger partial charge in [-0.1, -0.05) is 23.7 Å². The summed E-state index contributed by atoms with van der Waals surface area (Å²) in [7, 11) is 3.65. The van der Waals surface area contributed by atoms with E-state index in [0.29, 0.717) is 28.7 Å². The summed E-state index contributed by atoms with van der Waals surface area (Å²) in [6.45, 7) is 6.16. The molecule has 1 amide bonds. The van der Waals surface area contributed by atoms with Crippen LogP contribution in [0.3, 0.4) is 0 Å². The molecule has 6 nitrogen and oxygen atoms in total. The molecule has 1 N–H and O–H groups in total. The number of hydrogen-bond donors (Lipinski definition) is 1. The number of rotatable bonds is 6. The monoisotopic (exact) mass is 403 g/mol. The Morgan fingerprint density at radius 1 is 1.18 bits per heavy atom. The number of hydrogen-bond acceptors (Lipinski definition) is 5. The van der Waals surface area contributed by atoms with Gasteiger partial charge in [-0.05, 0) is 38.2 Å². The molecule has 2 aromatic rings. The summed E-state index contributed by atoms with van der Waals surface area (Å²) in [4.78, 5) is 17.5. The first kappa shape index (κ1) is 20.3. The maximum absolute atomic E-state index is 12.9. The fraction of sp³-hybridized carbons (Fsp3) is 0.381. The highest BCUT2D eigenvalue weighted by Gasteiger charge is 2.20. The molecule has 0 aromatic heterocycles. The zero-order chi connectivity index (χ0) is 20.1. The molecule has 0 atom stereocenters. The fourth-order valence-corrected chi connectivity index (χ4v) is 3.50. The molecular weight excluding hydrogens is 378 g/mol. The summed E-state index contributed by atoms with van der Waals surface area (Å²) in [5, 5.41) is 3.36. The number of piperazine rings is 1. The number of methoxy groups -OCH3 is 1. The number of halogens is 1. The Hall–Kier alpha value is -2.44. The van der Waals surface area contributed by atoms with Crippen LogP contribution in [0.15, 0.2) is 36.4 Å². The summed E-state index contributed by atoms with van der Waals surface area (Å²) in [5.74, 6) is 0.637. The lowest BCUT2D eigenvalue weighted by molar-refractivity contribution is 0.102. The highest BCUT2D eigenvalue weighted by molar-refractivity contribution is 6.32. The highest BCUT2D eigenvalue weighted by Crippen LogP contribution is 2.37. The number of nitrogens with one attached hydrogen (secondary N) is 1. The standard InChI is InChI=1S/C21H26ClN3O3/c1-4-28-20-16(22)13-15(14-19(20)27-3)21(26)23-17-7-5-6-8-18(17)25-11-9-24(2)10-12-25/h5-8,13-14H,4,9-12H2,1-3H3,(H,23,26). The van der Waals surface area contributed by atoms with Crippen LogP contribution in [0.4, 0.5) is 11.4 Å². The number of carbonyl (C=O) groups excluding carboxylic acids is 1. The normalized spacial score (nSPS) is 14.6. The summed E-state index contributed by atoms with van der Waals surface area (Å²) in [6, 6.07) is 11.1. The van der Waals surface area contributed by atoms with Crippen LogP contribution in [-0.2, 0) is 0 Å². The zero-order valence-corrected chi connectivity index (χ0v) is 17.3. The van der Waals surface area contributed by atoms with Gasteiger partial charge >= 0.3 is 0 Å². The van der Waals surface area contributed by atoms with Gasteiger partial charge in [-0.3, -0.25) is 4.79 Å². The molecule has 2 aromatic carbocycles. The Bertz CT molecular complexity index is 836. The lowest BCUT2D eigenvalue weighted by Crippen LogP contribution is -2.44. The van der Waals surface area contributed by atoms with Gasteiger partial charge in [-0.15, -0.1) is 0 Å². The first-order valence-corrected chi connectivity index (χ1v) is 9.75. The van der Waals surface area contributed by atoms with Crippen molar-refractivity contribution < 1.29 is 14.3 Å². The van der Waals surface area contributed by atoms with Crippen molar-refractivity contribution in [3.05, 3.63) is 47.0 Å². The van der Waals surface area contributed by atoms with Crippen LogP contribution >= 0.6 is 11.6 Å². The van der Waals surface area contributed by atoms with E-state index in [1.807, 2.05) is 31.2 Å². The van der Waals surface area contributed by atoms with E-state index in [2.05, 4.69) is 22.2 Å². The Balaban J connectivity index is 1.83. The smallest absolute Gasteiger partial charge is 0.255 e. The Morgan fingerprint density at radius 2 is 1.89 bits per heavy atom. The van der Waals surface area contributed by atoms with Crippen LogP contribution in [0.2, 0.25) is 5.02 Å². The van der Waals surface area contributed by atoms with E-state index >= 15 is 0 Å². The number of likely N-dealkylation sites (N-methyl/N-ethyl adjacent to an activating group) is 1. The van der Waals surface area contributed by atoms with Gasteiger partial charge in [0.1, 0.15) is 0 Å². The van der Waals surface area contributed by atoms with Crippen molar-refractivity contribution in [2.24, 2.45) is 0 Å². The molecule has 0 bridgehead atoms. The molecule has 0 unspecified atom stereocenters. The molecule has 0 radical (unpaired) electrons. The average Bonchev–Trinajstić information content (AvgIpc) is 2.70. The SMILES string of the molecule is CCOc1c(Cl)cc(C(=O)Nc2ccccc2N2CCN(C)CC2)cc1OC. The number of ether oxygens (including phenoxy) is 2. The minimum absolute atomic E-state index is 0.246. The predicted octanol–water partition coefficient (Wildman–Crippen LogP) is 3.75. The molecule has 1 aliphatic heterocycles. The highest BCUT2D eigenvalue weighted by atomic mass is 35.5. The maximum Gasteiger partial charge on any atom is 0.255 e. The van der Waals surface area contributed by atoms with Crippen LogP contribution < -0.4 is 19.7 Å². The lowest BCUT2D eigenvalue weighted by Gasteiger charge is -2.35. The number of carbonyl (C=O) groups is 1. The summed E-state index contributed by atoms with van der Waals surface area (Å²) in [5.41, 5.74) is 2.22. The zero-order valence-electron chi connectivity index (χ0n) is 16.5. The lowest BCUT2D eigenvalue weighted by atomic mass is 10.1. The van der Waals surface area contributed by atoms with E-state index < -0.39 is 0 Å². The Morgan fingerprint density at radius 3 is 2.57 bits per heavy atom. The third kappa shape index (κ3) is 4.51. The average molecular weight is 404 g/mol. The van der Waals surface area contributed by atoms with Gasteiger partial charge in [0, 0.05) is 31.7 Å². The Labute approximate surface area is 171 Å². The maximum atomic E-state index is 12.9. The first-order valence-electron chi connectivity index (χ1n) is 9.37. The van der Waals surface area contributed by atoms with Gasteiger partial charge in [0.2, 0.25) is 0 Å².